The van der Waals surface area contributed by atoms with Crippen molar-refractivity contribution in [3.8, 4) is 11.5 Å². The first-order valence-electron chi connectivity index (χ1n) is 9.90. The number of rotatable bonds is 8. The summed E-state index contributed by atoms with van der Waals surface area (Å²) in [7, 11) is 0.474. The molecule has 0 aliphatic carbocycles. The van der Waals surface area contributed by atoms with Crippen LogP contribution >= 0.6 is 0 Å². The molecule has 0 atom stereocenters. The van der Waals surface area contributed by atoms with Crippen LogP contribution in [0, 0.1) is 6.92 Å². The summed E-state index contributed by atoms with van der Waals surface area (Å²) in [6.07, 6.45) is 0. The number of aryl methyl sites for hydroxylation is 1. The average Bonchev–Trinajstić information content (AvgIpc) is 2.79. The summed E-state index contributed by atoms with van der Waals surface area (Å²) >= 11 is 0. The number of sulfonamides is 1. The minimum atomic E-state index is -3.92. The molecular weight excluding hydrogens is 428 g/mol. The Morgan fingerprint density at radius 1 is 0.938 bits per heavy atom. The van der Waals surface area contributed by atoms with Gasteiger partial charge in [-0.1, -0.05) is 36.4 Å². The van der Waals surface area contributed by atoms with Crippen molar-refractivity contribution in [3.05, 3.63) is 83.4 Å². The summed E-state index contributed by atoms with van der Waals surface area (Å²) in [5.74, 6) is 0.209. The monoisotopic (exact) mass is 454 g/mol. The molecule has 0 saturated carbocycles. The van der Waals surface area contributed by atoms with E-state index in [-0.39, 0.29) is 22.8 Å². The minimum Gasteiger partial charge on any atom is -0.495 e. The van der Waals surface area contributed by atoms with Gasteiger partial charge in [0, 0.05) is 19.2 Å². The van der Waals surface area contributed by atoms with E-state index >= 15 is 0 Å². The molecule has 0 unspecified atom stereocenters. The Bertz CT molecular complexity index is 1210. The molecule has 168 valence electrons. The van der Waals surface area contributed by atoms with Gasteiger partial charge < -0.3 is 14.8 Å². The number of hydrogen-bond donors (Lipinski definition) is 1. The van der Waals surface area contributed by atoms with Crippen molar-refractivity contribution in [2.45, 2.75) is 18.4 Å². The lowest BCUT2D eigenvalue weighted by molar-refractivity contribution is 0.102. The van der Waals surface area contributed by atoms with Crippen LogP contribution in [0.2, 0.25) is 0 Å². The first kappa shape index (κ1) is 23.3. The highest BCUT2D eigenvalue weighted by Crippen LogP contribution is 2.30. The summed E-state index contributed by atoms with van der Waals surface area (Å²) in [5, 5.41) is 2.79. The Morgan fingerprint density at radius 2 is 1.59 bits per heavy atom. The second kappa shape index (κ2) is 9.84. The molecule has 3 rings (SSSR count). The molecule has 0 radical (unpaired) electrons. The second-order valence-electron chi connectivity index (χ2n) is 7.27. The highest BCUT2D eigenvalue weighted by molar-refractivity contribution is 7.89. The molecule has 32 heavy (non-hydrogen) atoms. The predicted molar refractivity (Wildman–Crippen MR) is 124 cm³/mol. The smallest absolute Gasteiger partial charge is 0.255 e. The van der Waals surface area contributed by atoms with E-state index in [9.17, 15) is 13.2 Å². The Morgan fingerprint density at radius 3 is 2.25 bits per heavy atom. The Labute approximate surface area is 188 Å². The first-order valence-corrected chi connectivity index (χ1v) is 11.3. The van der Waals surface area contributed by atoms with Gasteiger partial charge in [0.2, 0.25) is 10.0 Å². The summed E-state index contributed by atoms with van der Waals surface area (Å²) in [5.41, 5.74) is 2.47. The van der Waals surface area contributed by atoms with Crippen LogP contribution in [0.3, 0.4) is 0 Å². The van der Waals surface area contributed by atoms with Crippen LogP contribution < -0.4 is 14.8 Å². The maximum Gasteiger partial charge on any atom is 0.255 e. The fraction of sp³-hybridized carbons (Fsp3) is 0.208. The number of nitrogens with zero attached hydrogens (tertiary/aromatic N) is 1. The van der Waals surface area contributed by atoms with Crippen molar-refractivity contribution in [2.24, 2.45) is 0 Å². The highest BCUT2D eigenvalue weighted by atomic mass is 32.2. The van der Waals surface area contributed by atoms with E-state index in [1.807, 2.05) is 43.3 Å². The number of hydrogen-bond acceptors (Lipinski definition) is 5. The van der Waals surface area contributed by atoms with Crippen LogP contribution in [0.5, 0.6) is 11.5 Å². The highest BCUT2D eigenvalue weighted by Gasteiger charge is 2.26. The van der Waals surface area contributed by atoms with Gasteiger partial charge in [0.15, 0.2) is 0 Å². The van der Waals surface area contributed by atoms with Crippen molar-refractivity contribution in [3.63, 3.8) is 0 Å². The maximum atomic E-state index is 13.3. The largest absolute Gasteiger partial charge is 0.495 e. The molecule has 0 saturated heterocycles. The Kier molecular flexibility index (Phi) is 7.17. The number of nitrogens with one attached hydrogen (secondary N) is 1. The molecular formula is C24H26N2O5S. The lowest BCUT2D eigenvalue weighted by atomic mass is 10.1. The molecule has 0 heterocycles. The third kappa shape index (κ3) is 5.09. The van der Waals surface area contributed by atoms with Crippen LogP contribution in [-0.4, -0.2) is 39.9 Å². The lowest BCUT2D eigenvalue weighted by Gasteiger charge is -2.19. The van der Waals surface area contributed by atoms with Crippen molar-refractivity contribution < 1.29 is 22.7 Å². The van der Waals surface area contributed by atoms with Crippen LogP contribution in [0.25, 0.3) is 0 Å². The molecule has 0 spiro atoms. The molecule has 3 aromatic carbocycles. The third-order valence-electron chi connectivity index (χ3n) is 4.97. The zero-order chi connectivity index (χ0) is 23.3. The van der Waals surface area contributed by atoms with E-state index in [0.717, 1.165) is 11.1 Å². The van der Waals surface area contributed by atoms with Gasteiger partial charge in [0.1, 0.15) is 16.4 Å². The van der Waals surface area contributed by atoms with Gasteiger partial charge >= 0.3 is 0 Å². The van der Waals surface area contributed by atoms with E-state index < -0.39 is 15.9 Å². The fourth-order valence-corrected chi connectivity index (χ4v) is 4.56. The quantitative estimate of drug-likeness (QED) is 0.554. The van der Waals surface area contributed by atoms with E-state index in [4.69, 9.17) is 9.47 Å². The fourth-order valence-electron chi connectivity index (χ4n) is 3.23. The normalized spacial score (nSPS) is 11.3. The van der Waals surface area contributed by atoms with Gasteiger partial charge in [-0.2, -0.15) is 4.31 Å². The van der Waals surface area contributed by atoms with E-state index in [1.165, 1.54) is 43.8 Å². The summed E-state index contributed by atoms with van der Waals surface area (Å²) in [6, 6.07) is 19.0. The number of ether oxygens (including phenoxy) is 2. The molecule has 3 aromatic rings. The Hall–Kier alpha value is -3.36. The second-order valence-corrected chi connectivity index (χ2v) is 9.28. The van der Waals surface area contributed by atoms with E-state index in [0.29, 0.717) is 11.4 Å². The number of benzene rings is 3. The lowest BCUT2D eigenvalue weighted by Crippen LogP contribution is -2.27. The van der Waals surface area contributed by atoms with Gasteiger partial charge in [-0.05, 0) is 48.4 Å². The molecule has 0 aliphatic heterocycles. The zero-order valence-corrected chi connectivity index (χ0v) is 19.3. The molecule has 7 nitrogen and oxygen atoms in total. The topological polar surface area (TPSA) is 84.9 Å². The van der Waals surface area contributed by atoms with Gasteiger partial charge in [0.05, 0.1) is 19.9 Å². The van der Waals surface area contributed by atoms with E-state index in [2.05, 4.69) is 5.32 Å². The summed E-state index contributed by atoms with van der Waals surface area (Å²) < 4.78 is 38.4. The molecule has 0 aromatic heterocycles. The number of carbonyl (C=O) groups is 1. The number of amides is 1. The summed E-state index contributed by atoms with van der Waals surface area (Å²) in [6.45, 7) is 2.08. The minimum absolute atomic E-state index is 0.0812. The van der Waals surface area contributed by atoms with Crippen LogP contribution in [0.4, 0.5) is 5.69 Å². The van der Waals surface area contributed by atoms with Crippen LogP contribution in [0.1, 0.15) is 21.5 Å². The molecule has 0 aliphatic rings. The molecule has 8 heteroatoms. The maximum absolute atomic E-state index is 13.3. The predicted octanol–water partition coefficient (Wildman–Crippen LogP) is 4.09. The molecule has 0 bridgehead atoms. The molecule has 1 N–H and O–H groups in total. The van der Waals surface area contributed by atoms with Crippen LogP contribution in [-0.2, 0) is 16.6 Å². The molecule has 0 fully saturated rings. The van der Waals surface area contributed by atoms with E-state index in [1.54, 1.807) is 12.1 Å². The van der Waals surface area contributed by atoms with Gasteiger partial charge in [0.25, 0.3) is 5.91 Å². The van der Waals surface area contributed by atoms with Crippen molar-refractivity contribution in [1.29, 1.82) is 0 Å². The Balaban J connectivity index is 1.93. The third-order valence-corrected chi connectivity index (χ3v) is 6.79. The zero-order valence-electron chi connectivity index (χ0n) is 18.5. The van der Waals surface area contributed by atoms with Crippen LogP contribution in [0.15, 0.2) is 71.6 Å². The number of anilines is 1. The average molecular weight is 455 g/mol. The van der Waals surface area contributed by atoms with Crippen molar-refractivity contribution in [2.75, 3.05) is 26.6 Å². The van der Waals surface area contributed by atoms with Gasteiger partial charge in [-0.3, -0.25) is 4.79 Å². The van der Waals surface area contributed by atoms with Crippen molar-refractivity contribution >= 4 is 21.6 Å². The van der Waals surface area contributed by atoms with Gasteiger partial charge in [-0.25, -0.2) is 8.42 Å². The number of methoxy groups -OCH3 is 2. The molecule has 1 amide bonds. The SMILES string of the molecule is COc1ccc(C)cc1NC(=O)c1ccc(OC)c(S(=O)(=O)N(C)Cc2ccccc2)c1. The van der Waals surface area contributed by atoms with Gasteiger partial charge in [-0.15, -0.1) is 0 Å². The number of carbonyl (C=O) groups excluding carboxylic acids is 1. The van der Waals surface area contributed by atoms with Crippen molar-refractivity contribution in [1.82, 2.24) is 4.31 Å². The first-order chi connectivity index (χ1) is 15.3. The summed E-state index contributed by atoms with van der Waals surface area (Å²) in [4.78, 5) is 12.8. The standard InChI is InChI=1S/C24H26N2O5S/c1-17-10-12-21(30-3)20(14-17)25-24(27)19-11-13-22(31-4)23(15-19)32(28,29)26(2)16-18-8-6-5-7-9-18/h5-15H,16H2,1-4H3,(H,25,27).